The third-order valence-corrected chi connectivity index (χ3v) is 5.53. The van der Waals surface area contributed by atoms with Crippen LogP contribution in [0.3, 0.4) is 0 Å². The van der Waals surface area contributed by atoms with Gasteiger partial charge in [0.1, 0.15) is 0 Å². The Hall–Kier alpha value is -0.860. The quantitative estimate of drug-likeness (QED) is 0.687. The van der Waals surface area contributed by atoms with Crippen LogP contribution in [0.2, 0.25) is 0 Å². The van der Waals surface area contributed by atoms with Gasteiger partial charge in [-0.2, -0.15) is 0 Å². The van der Waals surface area contributed by atoms with Crippen molar-refractivity contribution in [2.24, 2.45) is 5.92 Å². The SMILES string of the molecule is CN1CC[C@]23c4ccccc4CCN2CC[C@@H]3C1. The molecule has 0 aliphatic carbocycles. The van der Waals surface area contributed by atoms with Gasteiger partial charge in [-0.05, 0) is 56.4 Å². The molecule has 0 saturated carbocycles. The molecule has 3 aliphatic heterocycles. The van der Waals surface area contributed by atoms with Crippen molar-refractivity contribution < 1.29 is 0 Å². The molecule has 0 bridgehead atoms. The number of hydrogen-bond acceptors (Lipinski definition) is 2. The van der Waals surface area contributed by atoms with Crippen LogP contribution < -0.4 is 0 Å². The van der Waals surface area contributed by atoms with E-state index in [2.05, 4.69) is 41.1 Å². The minimum absolute atomic E-state index is 0.390. The van der Waals surface area contributed by atoms with Crippen LogP contribution in [-0.4, -0.2) is 43.0 Å². The first kappa shape index (κ1) is 11.0. The molecule has 2 atom stereocenters. The number of piperidine rings is 1. The van der Waals surface area contributed by atoms with Crippen molar-refractivity contribution >= 4 is 0 Å². The van der Waals surface area contributed by atoms with E-state index in [0.29, 0.717) is 5.54 Å². The molecule has 3 aliphatic rings. The second-order valence-electron chi connectivity index (χ2n) is 6.32. The Labute approximate surface area is 110 Å². The highest BCUT2D eigenvalue weighted by molar-refractivity contribution is 5.39. The lowest BCUT2D eigenvalue weighted by Crippen LogP contribution is -2.55. The number of likely N-dealkylation sites (tertiary alicyclic amines) is 1. The van der Waals surface area contributed by atoms with E-state index < -0.39 is 0 Å². The van der Waals surface area contributed by atoms with Gasteiger partial charge in [0.2, 0.25) is 0 Å². The molecule has 1 aromatic carbocycles. The van der Waals surface area contributed by atoms with E-state index in [0.717, 1.165) is 5.92 Å². The maximum atomic E-state index is 2.80. The summed E-state index contributed by atoms with van der Waals surface area (Å²) >= 11 is 0. The molecule has 18 heavy (non-hydrogen) atoms. The number of benzene rings is 1. The lowest BCUT2D eigenvalue weighted by atomic mass is 9.70. The number of nitrogens with zero attached hydrogens (tertiary/aromatic N) is 2. The average Bonchev–Trinajstić information content (AvgIpc) is 2.78. The van der Waals surface area contributed by atoms with Crippen molar-refractivity contribution in [3.63, 3.8) is 0 Å². The van der Waals surface area contributed by atoms with Gasteiger partial charge in [-0.25, -0.2) is 0 Å². The smallest absolute Gasteiger partial charge is 0.0516 e. The van der Waals surface area contributed by atoms with Gasteiger partial charge in [0, 0.05) is 13.1 Å². The van der Waals surface area contributed by atoms with Crippen LogP contribution in [0.25, 0.3) is 0 Å². The Morgan fingerprint density at radius 1 is 1.17 bits per heavy atom. The standard InChI is InChI=1S/C16H22N2/c1-17-11-8-16-14(12-17)7-10-18(16)9-6-13-4-2-3-5-15(13)16/h2-5,14H,6-12H2,1H3/t14-,16+/m1/s1. The Kier molecular flexibility index (Phi) is 2.33. The topological polar surface area (TPSA) is 6.48 Å². The molecule has 0 amide bonds. The minimum Gasteiger partial charge on any atom is -0.306 e. The van der Waals surface area contributed by atoms with E-state index in [9.17, 15) is 0 Å². The molecule has 0 unspecified atom stereocenters. The first-order chi connectivity index (χ1) is 8.80. The second-order valence-corrected chi connectivity index (χ2v) is 6.32. The molecule has 0 radical (unpaired) electrons. The van der Waals surface area contributed by atoms with Gasteiger partial charge in [0.15, 0.2) is 0 Å². The predicted octanol–water partition coefficient (Wildman–Crippen LogP) is 2.10. The molecule has 2 saturated heterocycles. The summed E-state index contributed by atoms with van der Waals surface area (Å²) in [4.78, 5) is 5.32. The van der Waals surface area contributed by atoms with Crippen LogP contribution in [0.15, 0.2) is 24.3 Å². The van der Waals surface area contributed by atoms with Crippen molar-refractivity contribution in [2.75, 3.05) is 33.2 Å². The van der Waals surface area contributed by atoms with Crippen molar-refractivity contribution in [1.82, 2.24) is 9.80 Å². The molecule has 2 nitrogen and oxygen atoms in total. The fourth-order valence-electron chi connectivity index (χ4n) is 4.69. The average molecular weight is 242 g/mol. The molecule has 2 fully saturated rings. The molecule has 2 heteroatoms. The summed E-state index contributed by atoms with van der Waals surface area (Å²) in [5.41, 5.74) is 3.67. The highest BCUT2D eigenvalue weighted by Crippen LogP contribution is 2.51. The minimum atomic E-state index is 0.390. The number of rotatable bonds is 0. The van der Waals surface area contributed by atoms with E-state index in [4.69, 9.17) is 0 Å². The van der Waals surface area contributed by atoms with Crippen molar-refractivity contribution in [3.8, 4) is 0 Å². The van der Waals surface area contributed by atoms with E-state index in [1.54, 1.807) is 11.1 Å². The van der Waals surface area contributed by atoms with Crippen LogP contribution in [-0.2, 0) is 12.0 Å². The zero-order valence-corrected chi connectivity index (χ0v) is 11.2. The van der Waals surface area contributed by atoms with Gasteiger partial charge in [0.25, 0.3) is 0 Å². The van der Waals surface area contributed by atoms with Gasteiger partial charge in [-0.15, -0.1) is 0 Å². The third kappa shape index (κ3) is 1.31. The molecule has 4 rings (SSSR count). The highest BCUT2D eigenvalue weighted by atomic mass is 15.3. The third-order valence-electron chi connectivity index (χ3n) is 5.53. The normalized spacial score (nSPS) is 35.9. The van der Waals surface area contributed by atoms with E-state index in [1.807, 2.05) is 0 Å². The number of hydrogen-bond donors (Lipinski definition) is 0. The van der Waals surface area contributed by atoms with Gasteiger partial charge in [-0.3, -0.25) is 4.90 Å². The van der Waals surface area contributed by atoms with Crippen LogP contribution in [0, 0.1) is 5.92 Å². The van der Waals surface area contributed by atoms with Crippen molar-refractivity contribution in [2.45, 2.75) is 24.8 Å². The Balaban J connectivity index is 1.85. The molecule has 1 aromatic rings. The van der Waals surface area contributed by atoms with Gasteiger partial charge in [-0.1, -0.05) is 24.3 Å². The van der Waals surface area contributed by atoms with Crippen molar-refractivity contribution in [3.05, 3.63) is 35.4 Å². The first-order valence-electron chi connectivity index (χ1n) is 7.33. The van der Waals surface area contributed by atoms with Crippen LogP contribution >= 0.6 is 0 Å². The van der Waals surface area contributed by atoms with Gasteiger partial charge in [0.05, 0.1) is 5.54 Å². The zero-order valence-electron chi connectivity index (χ0n) is 11.2. The molecule has 0 N–H and O–H groups in total. The Bertz CT molecular complexity index is 470. The Morgan fingerprint density at radius 3 is 3.00 bits per heavy atom. The summed E-state index contributed by atoms with van der Waals surface area (Å²) in [6.07, 6.45) is 3.96. The second kappa shape index (κ2) is 3.82. The maximum absolute atomic E-state index is 2.80. The molecular formula is C16H22N2. The van der Waals surface area contributed by atoms with Gasteiger partial charge >= 0.3 is 0 Å². The van der Waals surface area contributed by atoms with Crippen LogP contribution in [0.1, 0.15) is 24.0 Å². The molecule has 0 aromatic heterocycles. The summed E-state index contributed by atoms with van der Waals surface area (Å²) in [6.45, 7) is 5.12. The fourth-order valence-corrected chi connectivity index (χ4v) is 4.69. The summed E-state index contributed by atoms with van der Waals surface area (Å²) in [5, 5.41) is 0. The summed E-state index contributed by atoms with van der Waals surface area (Å²) in [6, 6.07) is 9.22. The molecule has 96 valence electrons. The maximum Gasteiger partial charge on any atom is 0.0516 e. The first-order valence-corrected chi connectivity index (χ1v) is 7.33. The summed E-state index contributed by atoms with van der Waals surface area (Å²) in [7, 11) is 2.28. The van der Waals surface area contributed by atoms with E-state index >= 15 is 0 Å². The number of fused-ring (bicyclic) bond motifs is 1. The lowest BCUT2D eigenvalue weighted by molar-refractivity contribution is 0.0213. The lowest BCUT2D eigenvalue weighted by Gasteiger charge is -2.51. The largest absolute Gasteiger partial charge is 0.306 e. The van der Waals surface area contributed by atoms with Gasteiger partial charge < -0.3 is 4.90 Å². The van der Waals surface area contributed by atoms with E-state index in [1.165, 1.54) is 45.4 Å². The predicted molar refractivity (Wildman–Crippen MR) is 73.6 cm³/mol. The zero-order chi connectivity index (χ0) is 12.2. The van der Waals surface area contributed by atoms with Crippen LogP contribution in [0.4, 0.5) is 0 Å². The fraction of sp³-hybridized carbons (Fsp3) is 0.625. The highest BCUT2D eigenvalue weighted by Gasteiger charge is 2.53. The monoisotopic (exact) mass is 242 g/mol. The summed E-state index contributed by atoms with van der Waals surface area (Å²) < 4.78 is 0. The van der Waals surface area contributed by atoms with E-state index in [-0.39, 0.29) is 0 Å². The van der Waals surface area contributed by atoms with Crippen LogP contribution in [0.5, 0.6) is 0 Å². The molecule has 3 heterocycles. The summed E-state index contributed by atoms with van der Waals surface area (Å²) in [5.74, 6) is 0.845. The molecular weight excluding hydrogens is 220 g/mol. The Morgan fingerprint density at radius 2 is 2.06 bits per heavy atom. The molecule has 1 spiro atoms. The van der Waals surface area contributed by atoms with Crippen molar-refractivity contribution in [1.29, 1.82) is 0 Å².